The van der Waals surface area contributed by atoms with Crippen molar-refractivity contribution in [3.8, 4) is 0 Å². The minimum absolute atomic E-state index is 0.0781. The minimum Gasteiger partial charge on any atom is -0.383 e. The lowest BCUT2D eigenvalue weighted by molar-refractivity contribution is -0.119. The lowest BCUT2D eigenvalue weighted by Gasteiger charge is -2.14. The number of benzene rings is 1. The summed E-state index contributed by atoms with van der Waals surface area (Å²) in [5, 5.41) is 3.86. The second kappa shape index (κ2) is 10.1. The van der Waals surface area contributed by atoms with Gasteiger partial charge in [0.15, 0.2) is 5.16 Å². The summed E-state index contributed by atoms with van der Waals surface area (Å²) < 4.78 is 12.5. The van der Waals surface area contributed by atoms with E-state index in [0.29, 0.717) is 35.8 Å². The van der Waals surface area contributed by atoms with Gasteiger partial charge in [0.05, 0.1) is 36.4 Å². The molecule has 1 aromatic heterocycles. The van der Waals surface area contributed by atoms with E-state index in [-0.39, 0.29) is 23.3 Å². The third kappa shape index (κ3) is 5.54. The molecule has 1 N–H and O–H groups in total. The Labute approximate surface area is 164 Å². The topological polar surface area (TPSA) is 82.4 Å². The molecule has 2 rings (SSSR count). The number of aromatic nitrogens is 2. The van der Waals surface area contributed by atoms with Gasteiger partial charge in [-0.3, -0.25) is 14.2 Å². The van der Waals surface area contributed by atoms with Crippen LogP contribution in [0.3, 0.4) is 0 Å². The first-order valence-corrected chi connectivity index (χ1v) is 9.84. The maximum Gasteiger partial charge on any atom is 0.262 e. The Bertz CT molecular complexity index is 827. The van der Waals surface area contributed by atoms with E-state index in [1.165, 1.54) is 11.8 Å². The number of amides is 1. The van der Waals surface area contributed by atoms with Gasteiger partial charge in [-0.15, -0.1) is 0 Å². The highest BCUT2D eigenvalue weighted by Crippen LogP contribution is 2.20. The summed E-state index contributed by atoms with van der Waals surface area (Å²) >= 11 is 4.61. The molecule has 7 nitrogen and oxygen atoms in total. The fourth-order valence-corrected chi connectivity index (χ4v) is 3.60. The van der Waals surface area contributed by atoms with Gasteiger partial charge in [0.2, 0.25) is 5.91 Å². The molecule has 0 aliphatic carbocycles. The van der Waals surface area contributed by atoms with Gasteiger partial charge in [-0.05, 0) is 25.1 Å². The van der Waals surface area contributed by atoms with Crippen molar-refractivity contribution in [2.45, 2.75) is 24.7 Å². The number of methoxy groups -OCH3 is 2. The monoisotopic (exact) mass is 443 g/mol. The number of rotatable bonds is 9. The predicted molar refractivity (Wildman–Crippen MR) is 106 cm³/mol. The van der Waals surface area contributed by atoms with E-state index >= 15 is 0 Å². The summed E-state index contributed by atoms with van der Waals surface area (Å²) in [5.74, 6) is 0.0261. The first-order chi connectivity index (χ1) is 12.5. The molecule has 0 aliphatic heterocycles. The van der Waals surface area contributed by atoms with Crippen LogP contribution in [0.25, 0.3) is 10.9 Å². The van der Waals surface area contributed by atoms with Crippen LogP contribution < -0.4 is 10.9 Å². The van der Waals surface area contributed by atoms with Crippen molar-refractivity contribution in [2.75, 3.05) is 33.2 Å². The van der Waals surface area contributed by atoms with Crippen LogP contribution in [0, 0.1) is 0 Å². The predicted octanol–water partition coefficient (Wildman–Crippen LogP) is 2.05. The standard InChI is InChI=1S/C17H22BrN3O4S/c1-11(9-25-3)19-15(22)10-26-17-20-14-5-4-12(18)8-13(14)16(23)21(17)6-7-24-2/h4-5,8,11H,6-7,9-10H2,1-3H3,(H,19,22). The van der Waals surface area contributed by atoms with Crippen molar-refractivity contribution in [3.05, 3.63) is 33.0 Å². The number of hydrogen-bond acceptors (Lipinski definition) is 6. The Morgan fingerprint density at radius 2 is 2.15 bits per heavy atom. The SMILES string of the molecule is COCCn1c(SCC(=O)NC(C)COC)nc2ccc(Br)cc2c1=O. The van der Waals surface area contributed by atoms with Gasteiger partial charge in [-0.2, -0.15) is 0 Å². The fourth-order valence-electron chi connectivity index (χ4n) is 2.40. The van der Waals surface area contributed by atoms with E-state index in [9.17, 15) is 9.59 Å². The molecule has 1 aromatic carbocycles. The van der Waals surface area contributed by atoms with Crippen LogP contribution in [0.4, 0.5) is 0 Å². The summed E-state index contributed by atoms with van der Waals surface area (Å²) in [6.45, 7) is 3.06. The van der Waals surface area contributed by atoms with Gasteiger partial charge in [0.1, 0.15) is 0 Å². The highest BCUT2D eigenvalue weighted by molar-refractivity contribution is 9.10. The molecular weight excluding hydrogens is 422 g/mol. The number of thioether (sulfide) groups is 1. The van der Waals surface area contributed by atoms with Crippen molar-refractivity contribution in [1.82, 2.24) is 14.9 Å². The first kappa shape index (κ1) is 20.9. The molecule has 1 amide bonds. The van der Waals surface area contributed by atoms with Crippen molar-refractivity contribution in [3.63, 3.8) is 0 Å². The number of halogens is 1. The quantitative estimate of drug-likeness (QED) is 0.471. The number of hydrogen-bond donors (Lipinski definition) is 1. The van der Waals surface area contributed by atoms with Gasteiger partial charge >= 0.3 is 0 Å². The lowest BCUT2D eigenvalue weighted by Crippen LogP contribution is -2.37. The van der Waals surface area contributed by atoms with E-state index in [4.69, 9.17) is 9.47 Å². The average molecular weight is 444 g/mol. The van der Waals surface area contributed by atoms with Crippen LogP contribution in [0.15, 0.2) is 32.6 Å². The molecule has 0 fully saturated rings. The zero-order valence-corrected chi connectivity index (χ0v) is 17.4. The number of fused-ring (bicyclic) bond motifs is 1. The lowest BCUT2D eigenvalue weighted by atomic mass is 10.2. The number of carbonyl (C=O) groups excluding carboxylic acids is 1. The first-order valence-electron chi connectivity index (χ1n) is 8.06. The van der Waals surface area contributed by atoms with Crippen LogP contribution in [0.5, 0.6) is 0 Å². The van der Waals surface area contributed by atoms with E-state index in [2.05, 4.69) is 26.2 Å². The third-order valence-electron chi connectivity index (χ3n) is 3.56. The number of ether oxygens (including phenoxy) is 2. The Hall–Kier alpha value is -1.42. The summed E-state index contributed by atoms with van der Waals surface area (Å²) in [6, 6.07) is 5.29. The van der Waals surface area contributed by atoms with Gasteiger partial charge in [-0.1, -0.05) is 27.7 Å². The highest BCUT2D eigenvalue weighted by atomic mass is 79.9. The highest BCUT2D eigenvalue weighted by Gasteiger charge is 2.14. The number of nitrogens with one attached hydrogen (secondary N) is 1. The summed E-state index contributed by atoms with van der Waals surface area (Å²) in [6.07, 6.45) is 0. The summed E-state index contributed by atoms with van der Waals surface area (Å²) in [4.78, 5) is 29.5. The summed E-state index contributed by atoms with van der Waals surface area (Å²) in [7, 11) is 3.16. The maximum atomic E-state index is 12.8. The molecule has 26 heavy (non-hydrogen) atoms. The smallest absolute Gasteiger partial charge is 0.262 e. The Kier molecular flexibility index (Phi) is 8.08. The van der Waals surface area contributed by atoms with Gasteiger partial charge in [0, 0.05) is 24.7 Å². The number of nitrogens with zero attached hydrogens (tertiary/aromatic N) is 2. The summed E-state index contributed by atoms with van der Waals surface area (Å²) in [5.41, 5.74) is 0.450. The molecule has 0 aliphatic rings. The largest absolute Gasteiger partial charge is 0.383 e. The molecule has 1 unspecified atom stereocenters. The third-order valence-corrected chi connectivity index (χ3v) is 5.03. The molecule has 2 aromatic rings. The van der Waals surface area contributed by atoms with E-state index in [0.717, 1.165) is 4.47 Å². The van der Waals surface area contributed by atoms with Crippen molar-refractivity contribution in [1.29, 1.82) is 0 Å². The van der Waals surface area contributed by atoms with Gasteiger partial charge in [0.25, 0.3) is 5.56 Å². The minimum atomic E-state index is -0.149. The molecule has 1 atom stereocenters. The van der Waals surface area contributed by atoms with Gasteiger partial charge in [-0.25, -0.2) is 4.98 Å². The molecule has 142 valence electrons. The maximum absolute atomic E-state index is 12.8. The molecule has 0 bridgehead atoms. The molecule has 0 saturated carbocycles. The van der Waals surface area contributed by atoms with Crippen LogP contribution >= 0.6 is 27.7 Å². The second-order valence-corrected chi connectivity index (χ2v) is 7.58. The zero-order valence-electron chi connectivity index (χ0n) is 15.0. The second-order valence-electron chi connectivity index (χ2n) is 5.72. The van der Waals surface area contributed by atoms with E-state index in [1.807, 2.05) is 13.0 Å². The van der Waals surface area contributed by atoms with Crippen molar-refractivity contribution < 1.29 is 14.3 Å². The normalized spacial score (nSPS) is 12.3. The Morgan fingerprint density at radius 1 is 1.38 bits per heavy atom. The Morgan fingerprint density at radius 3 is 2.85 bits per heavy atom. The Balaban J connectivity index is 2.25. The van der Waals surface area contributed by atoms with Crippen LogP contribution in [0.1, 0.15) is 6.92 Å². The molecule has 9 heteroatoms. The number of carbonyl (C=O) groups is 1. The molecular formula is C17H22BrN3O4S. The van der Waals surface area contributed by atoms with E-state index < -0.39 is 0 Å². The van der Waals surface area contributed by atoms with Crippen LogP contribution in [-0.2, 0) is 20.8 Å². The van der Waals surface area contributed by atoms with Crippen molar-refractivity contribution in [2.24, 2.45) is 0 Å². The fraction of sp³-hybridized carbons (Fsp3) is 0.471. The molecule has 1 heterocycles. The van der Waals surface area contributed by atoms with Gasteiger partial charge < -0.3 is 14.8 Å². The van der Waals surface area contributed by atoms with Crippen LogP contribution in [0.2, 0.25) is 0 Å². The molecule has 0 radical (unpaired) electrons. The van der Waals surface area contributed by atoms with Crippen molar-refractivity contribution >= 4 is 44.5 Å². The zero-order chi connectivity index (χ0) is 19.1. The van der Waals surface area contributed by atoms with E-state index in [1.54, 1.807) is 30.9 Å². The average Bonchev–Trinajstić information content (AvgIpc) is 2.60. The van der Waals surface area contributed by atoms with Crippen LogP contribution in [-0.4, -0.2) is 54.7 Å². The molecule has 0 saturated heterocycles. The molecule has 0 spiro atoms.